The van der Waals surface area contributed by atoms with Crippen LogP contribution in [0.1, 0.15) is 17.9 Å². The van der Waals surface area contributed by atoms with E-state index >= 15 is 0 Å². The number of nitrogens with zero attached hydrogens (tertiary/aromatic N) is 2. The Bertz CT molecular complexity index is 800. The van der Waals surface area contributed by atoms with Crippen LogP contribution in [-0.2, 0) is 4.79 Å². The van der Waals surface area contributed by atoms with Crippen LogP contribution in [0.25, 0.3) is 10.9 Å². The molecule has 3 heterocycles. The van der Waals surface area contributed by atoms with Crippen molar-refractivity contribution in [1.82, 2.24) is 9.97 Å². The van der Waals surface area contributed by atoms with Crippen LogP contribution in [0.4, 0.5) is 5.82 Å². The van der Waals surface area contributed by atoms with E-state index in [0.29, 0.717) is 11.7 Å². The minimum Gasteiger partial charge on any atom is -0.310 e. The average molecular weight is 295 g/mol. The van der Waals surface area contributed by atoms with Crippen molar-refractivity contribution in [3.63, 3.8) is 0 Å². The van der Waals surface area contributed by atoms with Crippen LogP contribution in [0.5, 0.6) is 0 Å². The Morgan fingerprint density at radius 2 is 2.24 bits per heavy atom. The molecule has 0 aromatic carbocycles. The molecule has 3 aromatic rings. The molecule has 21 heavy (non-hydrogen) atoms. The van der Waals surface area contributed by atoms with E-state index in [4.69, 9.17) is 0 Å². The van der Waals surface area contributed by atoms with E-state index in [1.165, 1.54) is 5.56 Å². The van der Waals surface area contributed by atoms with Gasteiger partial charge >= 0.3 is 0 Å². The SMILES string of the molecule is O=C(Nc1ccc2cnccc2n1)C1CC1c1ccsc1. The smallest absolute Gasteiger partial charge is 0.229 e. The van der Waals surface area contributed by atoms with Crippen LogP contribution in [0.3, 0.4) is 0 Å². The van der Waals surface area contributed by atoms with Gasteiger partial charge in [-0.15, -0.1) is 0 Å². The quantitative estimate of drug-likeness (QED) is 0.805. The highest BCUT2D eigenvalue weighted by atomic mass is 32.1. The molecular weight excluding hydrogens is 282 g/mol. The molecule has 0 bridgehead atoms. The summed E-state index contributed by atoms with van der Waals surface area (Å²) >= 11 is 1.68. The highest BCUT2D eigenvalue weighted by Gasteiger charge is 2.44. The zero-order valence-electron chi connectivity index (χ0n) is 11.2. The molecule has 1 saturated carbocycles. The van der Waals surface area contributed by atoms with E-state index in [9.17, 15) is 4.79 Å². The molecule has 4 nitrogen and oxygen atoms in total. The Kier molecular flexibility index (Phi) is 2.93. The second-order valence-corrected chi connectivity index (χ2v) is 6.04. The zero-order valence-corrected chi connectivity index (χ0v) is 12.0. The molecule has 1 N–H and O–H groups in total. The highest BCUT2D eigenvalue weighted by molar-refractivity contribution is 7.08. The number of hydrogen-bond donors (Lipinski definition) is 1. The second kappa shape index (κ2) is 4.93. The molecule has 0 radical (unpaired) electrons. The van der Waals surface area contributed by atoms with Gasteiger partial charge in [0.05, 0.1) is 5.52 Å². The first-order valence-corrected chi connectivity index (χ1v) is 7.79. The Labute approximate surface area is 125 Å². The van der Waals surface area contributed by atoms with Gasteiger partial charge in [0, 0.05) is 23.7 Å². The third-order valence-electron chi connectivity index (χ3n) is 3.84. The monoisotopic (exact) mass is 295 g/mol. The molecule has 0 aliphatic heterocycles. The number of anilines is 1. The van der Waals surface area contributed by atoms with Crippen molar-refractivity contribution in [2.24, 2.45) is 5.92 Å². The number of pyridine rings is 2. The summed E-state index contributed by atoms with van der Waals surface area (Å²) in [4.78, 5) is 20.8. The summed E-state index contributed by atoms with van der Waals surface area (Å²) in [6.45, 7) is 0. The minimum atomic E-state index is 0.0621. The van der Waals surface area contributed by atoms with Crippen LogP contribution >= 0.6 is 11.3 Å². The Morgan fingerprint density at radius 3 is 3.10 bits per heavy atom. The molecule has 0 spiro atoms. The Balaban J connectivity index is 1.49. The van der Waals surface area contributed by atoms with Gasteiger partial charge in [-0.3, -0.25) is 9.78 Å². The Morgan fingerprint density at radius 1 is 1.29 bits per heavy atom. The summed E-state index contributed by atoms with van der Waals surface area (Å²) in [5.41, 5.74) is 2.12. The summed E-state index contributed by atoms with van der Waals surface area (Å²) in [5, 5.41) is 8.07. The number of fused-ring (bicyclic) bond motifs is 1. The van der Waals surface area contributed by atoms with Crippen LogP contribution in [0.2, 0.25) is 0 Å². The molecule has 2 atom stereocenters. The molecule has 0 saturated heterocycles. The standard InChI is InChI=1S/C16H13N3OS/c20-16(13-7-12(13)11-4-6-21-9-11)19-15-2-1-10-8-17-5-3-14(10)18-15/h1-6,8-9,12-13H,7H2,(H,18,19,20). The number of rotatable bonds is 3. The van der Waals surface area contributed by atoms with Crippen LogP contribution in [0.15, 0.2) is 47.4 Å². The molecule has 1 aliphatic carbocycles. The molecule has 1 amide bonds. The van der Waals surface area contributed by atoms with Crippen molar-refractivity contribution in [3.05, 3.63) is 53.0 Å². The zero-order chi connectivity index (χ0) is 14.2. The molecule has 5 heteroatoms. The second-order valence-electron chi connectivity index (χ2n) is 5.26. The number of hydrogen-bond acceptors (Lipinski definition) is 4. The number of carbonyl (C=O) groups excluding carboxylic acids is 1. The fourth-order valence-electron chi connectivity index (χ4n) is 2.59. The van der Waals surface area contributed by atoms with Gasteiger partial charge < -0.3 is 5.32 Å². The van der Waals surface area contributed by atoms with Crippen LogP contribution in [-0.4, -0.2) is 15.9 Å². The molecule has 1 fully saturated rings. The normalized spacial score (nSPS) is 20.4. The molecule has 4 rings (SSSR count). The lowest BCUT2D eigenvalue weighted by Crippen LogP contribution is -2.15. The van der Waals surface area contributed by atoms with Crippen LogP contribution in [0, 0.1) is 5.92 Å². The van der Waals surface area contributed by atoms with E-state index < -0.39 is 0 Å². The molecule has 1 aliphatic rings. The maximum absolute atomic E-state index is 12.3. The first kappa shape index (κ1) is 12.5. The highest BCUT2D eigenvalue weighted by Crippen LogP contribution is 2.48. The van der Waals surface area contributed by atoms with Gasteiger partial charge in [0.2, 0.25) is 5.91 Å². The summed E-state index contributed by atoms with van der Waals surface area (Å²) in [6.07, 6.45) is 4.40. The number of aromatic nitrogens is 2. The fourth-order valence-corrected chi connectivity index (χ4v) is 3.32. The fraction of sp³-hybridized carbons (Fsp3) is 0.188. The first-order chi connectivity index (χ1) is 10.3. The number of thiophene rings is 1. The molecule has 2 unspecified atom stereocenters. The van der Waals surface area contributed by atoms with Gasteiger partial charge in [0.1, 0.15) is 5.82 Å². The largest absolute Gasteiger partial charge is 0.310 e. The predicted octanol–water partition coefficient (Wildman–Crippen LogP) is 3.43. The van der Waals surface area contributed by atoms with E-state index in [0.717, 1.165) is 17.3 Å². The van der Waals surface area contributed by atoms with Gasteiger partial charge in [-0.25, -0.2) is 4.98 Å². The van der Waals surface area contributed by atoms with Crippen molar-refractivity contribution in [2.45, 2.75) is 12.3 Å². The van der Waals surface area contributed by atoms with Gasteiger partial charge in [0.15, 0.2) is 0 Å². The van der Waals surface area contributed by atoms with E-state index in [2.05, 4.69) is 32.1 Å². The number of nitrogens with one attached hydrogen (secondary N) is 1. The van der Waals surface area contributed by atoms with E-state index in [1.807, 2.05) is 18.2 Å². The van der Waals surface area contributed by atoms with Crippen molar-refractivity contribution >= 4 is 34.0 Å². The van der Waals surface area contributed by atoms with Crippen LogP contribution < -0.4 is 5.32 Å². The molecule has 104 valence electrons. The predicted molar refractivity (Wildman–Crippen MR) is 83.3 cm³/mol. The average Bonchev–Trinajstić information content (AvgIpc) is 3.13. The van der Waals surface area contributed by atoms with Gasteiger partial charge in [-0.1, -0.05) is 0 Å². The van der Waals surface area contributed by atoms with Gasteiger partial charge in [0.25, 0.3) is 0 Å². The van der Waals surface area contributed by atoms with Gasteiger partial charge in [-0.2, -0.15) is 11.3 Å². The maximum atomic E-state index is 12.3. The summed E-state index contributed by atoms with van der Waals surface area (Å²) < 4.78 is 0. The van der Waals surface area contributed by atoms with Crippen molar-refractivity contribution in [1.29, 1.82) is 0 Å². The number of carbonyl (C=O) groups is 1. The molecule has 3 aromatic heterocycles. The minimum absolute atomic E-state index is 0.0621. The Hall–Kier alpha value is -2.27. The summed E-state index contributed by atoms with van der Waals surface area (Å²) in [5.74, 6) is 1.12. The lowest BCUT2D eigenvalue weighted by Gasteiger charge is -2.05. The third kappa shape index (κ3) is 2.40. The van der Waals surface area contributed by atoms with Crippen molar-refractivity contribution < 1.29 is 4.79 Å². The molecular formula is C16H13N3OS. The lowest BCUT2D eigenvalue weighted by molar-refractivity contribution is -0.117. The van der Waals surface area contributed by atoms with E-state index in [-0.39, 0.29) is 11.8 Å². The topological polar surface area (TPSA) is 54.9 Å². The van der Waals surface area contributed by atoms with Crippen molar-refractivity contribution in [2.75, 3.05) is 5.32 Å². The van der Waals surface area contributed by atoms with Gasteiger partial charge in [-0.05, 0) is 52.9 Å². The van der Waals surface area contributed by atoms with Crippen molar-refractivity contribution in [3.8, 4) is 0 Å². The van der Waals surface area contributed by atoms with E-state index in [1.54, 1.807) is 23.7 Å². The number of amides is 1. The maximum Gasteiger partial charge on any atom is 0.229 e. The third-order valence-corrected chi connectivity index (χ3v) is 4.54. The lowest BCUT2D eigenvalue weighted by atomic mass is 10.2. The summed E-state index contributed by atoms with van der Waals surface area (Å²) in [6, 6.07) is 7.69. The summed E-state index contributed by atoms with van der Waals surface area (Å²) in [7, 11) is 0. The first-order valence-electron chi connectivity index (χ1n) is 6.85.